The van der Waals surface area contributed by atoms with Gasteiger partial charge in [0.15, 0.2) is 5.69 Å². The Balaban J connectivity index is 1.49. The van der Waals surface area contributed by atoms with E-state index in [0.29, 0.717) is 35.0 Å². The highest BCUT2D eigenvalue weighted by molar-refractivity contribution is 5.97. The average molecular weight is 571 g/mol. The first-order valence-corrected chi connectivity index (χ1v) is 14.2. The predicted octanol–water partition coefficient (Wildman–Crippen LogP) is 5.69. The van der Waals surface area contributed by atoms with Gasteiger partial charge in [-0.05, 0) is 66.8 Å². The number of halogens is 1. The number of amides is 2. The molecular weight excluding hydrogens is 535 g/mol. The Labute approximate surface area is 244 Å². The minimum atomic E-state index is -0.707. The number of nitrogens with one attached hydrogen (secondary N) is 2. The van der Waals surface area contributed by atoms with E-state index >= 15 is 0 Å². The lowest BCUT2D eigenvalue weighted by molar-refractivity contribution is -0.124. The van der Waals surface area contributed by atoms with Crippen LogP contribution in [0.15, 0.2) is 78.9 Å². The summed E-state index contributed by atoms with van der Waals surface area (Å²) in [7, 11) is 3.10. The van der Waals surface area contributed by atoms with E-state index in [0.717, 1.165) is 37.7 Å². The van der Waals surface area contributed by atoms with E-state index < -0.39 is 17.8 Å². The molecule has 1 aliphatic carbocycles. The van der Waals surface area contributed by atoms with Crippen molar-refractivity contribution in [3.63, 3.8) is 0 Å². The third-order valence-corrected chi connectivity index (χ3v) is 7.70. The number of ether oxygens (including phenoxy) is 2. The smallest absolute Gasteiger partial charge is 0.272 e. The van der Waals surface area contributed by atoms with E-state index in [9.17, 15) is 14.0 Å². The maximum absolute atomic E-state index is 13.8. The van der Waals surface area contributed by atoms with Gasteiger partial charge in [0.2, 0.25) is 5.91 Å². The number of benzene rings is 3. The van der Waals surface area contributed by atoms with Crippen LogP contribution in [0.2, 0.25) is 0 Å². The van der Waals surface area contributed by atoms with E-state index in [1.54, 1.807) is 55.3 Å². The first kappa shape index (κ1) is 28.9. The molecule has 0 radical (unpaired) electrons. The molecule has 1 fully saturated rings. The highest BCUT2D eigenvalue weighted by atomic mass is 19.1. The van der Waals surface area contributed by atoms with Crippen molar-refractivity contribution >= 4 is 11.8 Å². The molecule has 1 aliphatic rings. The van der Waals surface area contributed by atoms with Gasteiger partial charge in [-0.2, -0.15) is 5.10 Å². The maximum atomic E-state index is 13.8. The molecule has 4 aromatic rings. The highest BCUT2D eigenvalue weighted by Crippen LogP contribution is 2.39. The van der Waals surface area contributed by atoms with Gasteiger partial charge in [0, 0.05) is 6.54 Å². The van der Waals surface area contributed by atoms with E-state index in [-0.39, 0.29) is 17.5 Å². The SMILES string of the molecule is COc1cccc(OC)c1-c1cc(C(=O)NC(C(=O)NCc2ccccc2)C2CCCCC2)nn1-c1ccc(F)cc1. The first-order chi connectivity index (χ1) is 20.5. The fourth-order valence-corrected chi connectivity index (χ4v) is 5.53. The monoisotopic (exact) mass is 570 g/mol. The normalized spacial score (nSPS) is 14.2. The zero-order valence-corrected chi connectivity index (χ0v) is 23.8. The van der Waals surface area contributed by atoms with Crippen molar-refractivity contribution < 1.29 is 23.5 Å². The maximum Gasteiger partial charge on any atom is 0.272 e. The summed E-state index contributed by atoms with van der Waals surface area (Å²) in [5.74, 6) is -0.0291. The van der Waals surface area contributed by atoms with Crippen LogP contribution in [-0.4, -0.2) is 41.9 Å². The van der Waals surface area contributed by atoms with E-state index in [1.807, 2.05) is 30.3 Å². The van der Waals surface area contributed by atoms with Crippen LogP contribution in [0.4, 0.5) is 4.39 Å². The van der Waals surface area contributed by atoms with Gasteiger partial charge in [0.05, 0.1) is 31.2 Å². The lowest BCUT2D eigenvalue weighted by atomic mass is 9.83. The van der Waals surface area contributed by atoms with Gasteiger partial charge in [-0.15, -0.1) is 0 Å². The van der Waals surface area contributed by atoms with E-state index in [1.165, 1.54) is 12.1 Å². The van der Waals surface area contributed by atoms with Crippen molar-refractivity contribution in [3.05, 3.63) is 95.9 Å². The fraction of sp³-hybridized carbons (Fsp3) is 0.303. The van der Waals surface area contributed by atoms with Crippen LogP contribution in [0, 0.1) is 11.7 Å². The predicted molar refractivity (Wildman–Crippen MR) is 158 cm³/mol. The first-order valence-electron chi connectivity index (χ1n) is 14.2. The molecule has 42 heavy (non-hydrogen) atoms. The van der Waals surface area contributed by atoms with Gasteiger partial charge in [-0.1, -0.05) is 55.7 Å². The van der Waals surface area contributed by atoms with Gasteiger partial charge < -0.3 is 20.1 Å². The summed E-state index contributed by atoms with van der Waals surface area (Å²) in [4.78, 5) is 27.3. The lowest BCUT2D eigenvalue weighted by Gasteiger charge is -2.30. The van der Waals surface area contributed by atoms with Gasteiger partial charge in [-0.25, -0.2) is 9.07 Å². The molecule has 1 aromatic heterocycles. The standard InChI is InChI=1S/C33H35FN4O4/c1-41-28-14-9-15-29(42-2)30(28)27-20-26(37-38(27)25-18-16-24(34)17-19-25)32(39)36-31(23-12-7-4-8-13-23)33(40)35-21-22-10-5-3-6-11-22/h3,5-6,9-11,14-20,23,31H,4,7-8,12-13,21H2,1-2H3,(H,35,40)(H,36,39). The van der Waals surface area contributed by atoms with E-state index in [4.69, 9.17) is 9.47 Å². The number of nitrogens with zero attached hydrogens (tertiary/aromatic N) is 2. The molecule has 8 nitrogen and oxygen atoms in total. The number of carbonyl (C=O) groups is 2. The molecule has 0 saturated heterocycles. The van der Waals surface area contributed by atoms with E-state index in [2.05, 4.69) is 15.7 Å². The quantitative estimate of drug-likeness (QED) is 0.256. The molecule has 3 aromatic carbocycles. The summed E-state index contributed by atoms with van der Waals surface area (Å²) in [6, 6.07) is 21.8. The van der Waals surface area contributed by atoms with Crippen LogP contribution in [-0.2, 0) is 11.3 Å². The van der Waals surface area contributed by atoms with Crippen molar-refractivity contribution in [3.8, 4) is 28.4 Å². The molecule has 1 unspecified atom stereocenters. The summed E-state index contributed by atoms with van der Waals surface area (Å²) in [5.41, 5.74) is 2.74. The Bertz CT molecular complexity index is 1490. The molecular formula is C33H35FN4O4. The van der Waals surface area contributed by atoms with Gasteiger partial charge >= 0.3 is 0 Å². The van der Waals surface area contributed by atoms with Gasteiger partial charge in [-0.3, -0.25) is 9.59 Å². The summed E-state index contributed by atoms with van der Waals surface area (Å²) in [6.45, 7) is 0.371. The second kappa shape index (κ2) is 13.3. The Kier molecular flexibility index (Phi) is 9.16. The van der Waals surface area contributed by atoms with Crippen LogP contribution in [0.25, 0.3) is 16.9 Å². The Morgan fingerprint density at radius 1 is 0.929 bits per heavy atom. The molecule has 1 heterocycles. The van der Waals surface area contributed by atoms with Crippen LogP contribution in [0.3, 0.4) is 0 Å². The third-order valence-electron chi connectivity index (χ3n) is 7.70. The molecule has 1 atom stereocenters. The van der Waals surface area contributed by atoms with Gasteiger partial charge in [0.1, 0.15) is 23.4 Å². The van der Waals surface area contributed by atoms with Crippen LogP contribution < -0.4 is 20.1 Å². The summed E-state index contributed by atoms with van der Waals surface area (Å²) in [6.07, 6.45) is 4.86. The molecule has 0 spiro atoms. The number of hydrogen-bond acceptors (Lipinski definition) is 5. The second-order valence-corrected chi connectivity index (χ2v) is 10.4. The third kappa shape index (κ3) is 6.46. The van der Waals surface area contributed by atoms with Crippen molar-refractivity contribution in [2.75, 3.05) is 14.2 Å². The fourth-order valence-electron chi connectivity index (χ4n) is 5.53. The molecule has 5 rings (SSSR count). The average Bonchev–Trinajstić information content (AvgIpc) is 3.48. The molecule has 2 amide bonds. The molecule has 9 heteroatoms. The van der Waals surface area contributed by atoms with Crippen LogP contribution in [0.1, 0.15) is 48.2 Å². The number of rotatable bonds is 10. The highest BCUT2D eigenvalue weighted by Gasteiger charge is 2.32. The minimum absolute atomic E-state index is 0.0199. The Morgan fingerprint density at radius 3 is 2.24 bits per heavy atom. The molecule has 0 bridgehead atoms. The van der Waals surface area contributed by atoms with Crippen molar-refractivity contribution in [2.45, 2.75) is 44.7 Å². The number of carbonyl (C=O) groups excluding carboxylic acids is 2. The van der Waals surface area contributed by atoms with Crippen LogP contribution in [0.5, 0.6) is 11.5 Å². The Morgan fingerprint density at radius 2 is 1.60 bits per heavy atom. The zero-order chi connectivity index (χ0) is 29.5. The molecule has 2 N–H and O–H groups in total. The zero-order valence-electron chi connectivity index (χ0n) is 23.8. The topological polar surface area (TPSA) is 94.5 Å². The second-order valence-electron chi connectivity index (χ2n) is 10.4. The van der Waals surface area contributed by atoms with Crippen molar-refractivity contribution in [1.82, 2.24) is 20.4 Å². The molecule has 0 aliphatic heterocycles. The summed E-state index contributed by atoms with van der Waals surface area (Å²) >= 11 is 0. The summed E-state index contributed by atoms with van der Waals surface area (Å²) in [5, 5.41) is 10.6. The van der Waals surface area contributed by atoms with Gasteiger partial charge in [0.25, 0.3) is 5.91 Å². The molecule has 1 saturated carbocycles. The summed E-state index contributed by atoms with van der Waals surface area (Å²) < 4.78 is 26.6. The Hall–Kier alpha value is -4.66. The molecule has 218 valence electrons. The number of aromatic nitrogens is 2. The number of hydrogen-bond donors (Lipinski definition) is 2. The van der Waals surface area contributed by atoms with Crippen molar-refractivity contribution in [1.29, 1.82) is 0 Å². The van der Waals surface area contributed by atoms with Crippen molar-refractivity contribution in [2.24, 2.45) is 5.92 Å². The minimum Gasteiger partial charge on any atom is -0.496 e. The number of methoxy groups -OCH3 is 2. The lowest BCUT2D eigenvalue weighted by Crippen LogP contribution is -2.51. The van der Waals surface area contributed by atoms with Crippen LogP contribution >= 0.6 is 0 Å². The largest absolute Gasteiger partial charge is 0.496 e.